The molecule has 1 aromatic carbocycles. The summed E-state index contributed by atoms with van der Waals surface area (Å²) in [5.74, 6) is -1.63. The molecule has 0 unspecified atom stereocenters. The number of halogens is 3. The van der Waals surface area contributed by atoms with Crippen LogP contribution in [0.5, 0.6) is 0 Å². The predicted molar refractivity (Wildman–Crippen MR) is 82.9 cm³/mol. The Hall–Kier alpha value is -2.36. The van der Waals surface area contributed by atoms with Crippen molar-refractivity contribution in [2.24, 2.45) is 5.10 Å². The number of carbonyl (C=O) groups is 3. The third-order valence-electron chi connectivity index (χ3n) is 3.16. The number of rotatable bonds is 3. The maximum Gasteiger partial charge on any atom is 0.397 e. The third-order valence-corrected chi connectivity index (χ3v) is 3.36. The van der Waals surface area contributed by atoms with Crippen molar-refractivity contribution in [1.82, 2.24) is 5.43 Å². The van der Waals surface area contributed by atoms with Crippen LogP contribution in [0.15, 0.2) is 29.4 Å². The van der Waals surface area contributed by atoms with Gasteiger partial charge in [0.1, 0.15) is 6.42 Å². The number of anilines is 1. The summed E-state index contributed by atoms with van der Waals surface area (Å²) in [5, 5.41) is 2.77. The number of amides is 3. The molecular weight excluding hydrogens is 347 g/mol. The topological polar surface area (TPSA) is 78.8 Å². The predicted octanol–water partition coefficient (Wildman–Crippen LogP) is 2.64. The van der Waals surface area contributed by atoms with E-state index in [2.05, 4.69) is 23.2 Å². The van der Waals surface area contributed by atoms with Gasteiger partial charge in [0.05, 0.1) is 11.4 Å². The van der Waals surface area contributed by atoms with Gasteiger partial charge >= 0.3 is 6.18 Å². The third kappa shape index (κ3) is 4.57. The monoisotopic (exact) mass is 359 g/mol. The molecule has 0 spiro atoms. The first kappa shape index (κ1) is 18.0. The van der Waals surface area contributed by atoms with E-state index in [0.717, 1.165) is 0 Å². The van der Waals surface area contributed by atoms with E-state index in [0.29, 0.717) is 22.6 Å². The zero-order chi connectivity index (χ0) is 17.9. The van der Waals surface area contributed by atoms with Crippen molar-refractivity contribution in [3.8, 4) is 0 Å². The lowest BCUT2D eigenvalue weighted by Gasteiger charge is -2.20. The SMILES string of the molecule is O=C1CCC(c2ccc(N(C(=O)S)C(=O)CC(F)(F)F)cc2)=NN1. The lowest BCUT2D eigenvalue weighted by molar-refractivity contribution is -0.151. The average molecular weight is 359 g/mol. The van der Waals surface area contributed by atoms with Crippen LogP contribution in [0.2, 0.25) is 0 Å². The quantitative estimate of drug-likeness (QED) is 0.815. The normalized spacial score (nSPS) is 14.7. The maximum absolute atomic E-state index is 12.4. The molecule has 0 fully saturated rings. The minimum absolute atomic E-state index is 0.0338. The Kier molecular flexibility index (Phi) is 5.27. The number of hydrogen-bond acceptors (Lipinski definition) is 4. The summed E-state index contributed by atoms with van der Waals surface area (Å²) >= 11 is 3.46. The lowest BCUT2D eigenvalue weighted by atomic mass is 10.0. The van der Waals surface area contributed by atoms with Gasteiger partial charge in [-0.15, -0.1) is 0 Å². The molecule has 1 aliphatic heterocycles. The smallest absolute Gasteiger partial charge is 0.274 e. The number of nitrogens with zero attached hydrogens (tertiary/aromatic N) is 2. The van der Waals surface area contributed by atoms with Gasteiger partial charge in [0.25, 0.3) is 5.24 Å². The number of thiol groups is 1. The Morgan fingerprint density at radius 2 is 1.83 bits per heavy atom. The minimum Gasteiger partial charge on any atom is -0.274 e. The number of nitrogens with one attached hydrogen (secondary N) is 1. The highest BCUT2D eigenvalue weighted by Crippen LogP contribution is 2.25. The molecule has 0 aromatic heterocycles. The molecule has 1 N–H and O–H groups in total. The molecule has 24 heavy (non-hydrogen) atoms. The Morgan fingerprint density at radius 3 is 2.29 bits per heavy atom. The van der Waals surface area contributed by atoms with E-state index in [1.54, 1.807) is 0 Å². The van der Waals surface area contributed by atoms with Gasteiger partial charge in [-0.1, -0.05) is 24.8 Å². The van der Waals surface area contributed by atoms with Crippen LogP contribution in [-0.4, -0.2) is 28.9 Å². The molecule has 1 heterocycles. The minimum atomic E-state index is -4.73. The Morgan fingerprint density at radius 1 is 1.21 bits per heavy atom. The lowest BCUT2D eigenvalue weighted by Crippen LogP contribution is -2.36. The first-order valence-corrected chi connectivity index (χ1v) is 7.20. The molecule has 0 saturated heterocycles. The van der Waals surface area contributed by atoms with E-state index in [1.165, 1.54) is 24.3 Å². The largest absolute Gasteiger partial charge is 0.397 e. The van der Waals surface area contributed by atoms with Gasteiger partial charge in [0.15, 0.2) is 0 Å². The zero-order valence-corrected chi connectivity index (χ0v) is 13.0. The van der Waals surface area contributed by atoms with Gasteiger partial charge in [0, 0.05) is 12.8 Å². The van der Waals surface area contributed by atoms with Crippen LogP contribution in [0.4, 0.5) is 23.7 Å². The summed E-state index contributed by atoms with van der Waals surface area (Å²) in [6.45, 7) is 0. The molecular formula is C14H12F3N3O3S. The molecule has 0 radical (unpaired) electrons. The van der Waals surface area contributed by atoms with Crippen LogP contribution in [0.1, 0.15) is 24.8 Å². The molecule has 3 amide bonds. The second kappa shape index (κ2) is 7.04. The summed E-state index contributed by atoms with van der Waals surface area (Å²) in [4.78, 5) is 34.5. The molecule has 2 rings (SSSR count). The summed E-state index contributed by atoms with van der Waals surface area (Å²) in [6.07, 6.45) is -5.81. The fourth-order valence-electron chi connectivity index (χ4n) is 2.10. The van der Waals surface area contributed by atoms with Crippen LogP contribution < -0.4 is 10.3 Å². The molecule has 128 valence electrons. The number of alkyl halides is 3. The van der Waals surface area contributed by atoms with Crippen molar-refractivity contribution in [3.63, 3.8) is 0 Å². The molecule has 1 aromatic rings. The highest BCUT2D eigenvalue weighted by Gasteiger charge is 2.35. The fraction of sp³-hybridized carbons (Fsp3) is 0.286. The van der Waals surface area contributed by atoms with Gasteiger partial charge in [-0.2, -0.15) is 18.3 Å². The number of benzene rings is 1. The second-order valence-electron chi connectivity index (χ2n) is 4.94. The van der Waals surface area contributed by atoms with Crippen LogP contribution >= 0.6 is 12.6 Å². The van der Waals surface area contributed by atoms with Crippen LogP contribution in [0, 0.1) is 0 Å². The van der Waals surface area contributed by atoms with Crippen molar-refractivity contribution in [2.45, 2.75) is 25.4 Å². The van der Waals surface area contributed by atoms with Crippen molar-refractivity contribution >= 4 is 41.1 Å². The van der Waals surface area contributed by atoms with Crippen molar-refractivity contribution in [1.29, 1.82) is 0 Å². The van der Waals surface area contributed by atoms with Gasteiger partial charge in [-0.3, -0.25) is 14.4 Å². The summed E-state index contributed by atoms with van der Waals surface area (Å²) in [7, 11) is 0. The van der Waals surface area contributed by atoms with E-state index in [1.807, 2.05) is 0 Å². The molecule has 1 aliphatic rings. The van der Waals surface area contributed by atoms with Gasteiger partial charge < -0.3 is 0 Å². The van der Waals surface area contributed by atoms with Crippen molar-refractivity contribution < 1.29 is 27.6 Å². The Bertz CT molecular complexity index is 701. The Labute approximate surface area is 140 Å². The fourth-order valence-corrected chi connectivity index (χ4v) is 2.32. The summed E-state index contributed by atoms with van der Waals surface area (Å²) < 4.78 is 37.1. The van der Waals surface area contributed by atoms with Crippen LogP contribution in [0.3, 0.4) is 0 Å². The van der Waals surface area contributed by atoms with E-state index < -0.39 is 23.7 Å². The summed E-state index contributed by atoms with van der Waals surface area (Å²) in [6, 6.07) is 5.62. The van der Waals surface area contributed by atoms with Crippen LogP contribution in [0.25, 0.3) is 0 Å². The van der Waals surface area contributed by atoms with Gasteiger partial charge in [-0.05, 0) is 17.7 Å². The van der Waals surface area contributed by atoms with E-state index in [-0.39, 0.29) is 18.0 Å². The van der Waals surface area contributed by atoms with E-state index >= 15 is 0 Å². The molecule has 0 saturated carbocycles. The van der Waals surface area contributed by atoms with Gasteiger partial charge in [-0.25, -0.2) is 10.3 Å². The zero-order valence-electron chi connectivity index (χ0n) is 12.1. The van der Waals surface area contributed by atoms with Crippen molar-refractivity contribution in [2.75, 3.05) is 4.90 Å². The standard InChI is InChI=1S/C14H12F3N3O3S/c15-14(16,17)7-12(22)20(13(23)24)9-3-1-8(2-4-9)10-5-6-11(21)19-18-10/h1-4H,5-7H2,(H,19,21)(H,23,24). The molecule has 10 heteroatoms. The molecule has 6 nitrogen and oxygen atoms in total. The first-order chi connectivity index (χ1) is 11.2. The van der Waals surface area contributed by atoms with E-state index in [9.17, 15) is 27.6 Å². The second-order valence-corrected chi connectivity index (χ2v) is 5.33. The Balaban J connectivity index is 2.22. The van der Waals surface area contributed by atoms with Gasteiger partial charge in [0.2, 0.25) is 11.8 Å². The number of imide groups is 1. The number of hydrogen-bond donors (Lipinski definition) is 2. The molecule has 0 bridgehead atoms. The maximum atomic E-state index is 12.4. The van der Waals surface area contributed by atoms with Crippen molar-refractivity contribution in [3.05, 3.63) is 29.8 Å². The highest BCUT2D eigenvalue weighted by atomic mass is 32.1. The number of carbonyl (C=O) groups excluding carboxylic acids is 3. The molecule has 0 atom stereocenters. The molecule has 0 aliphatic carbocycles. The van der Waals surface area contributed by atoms with E-state index in [4.69, 9.17) is 0 Å². The number of hydrazone groups is 1. The first-order valence-electron chi connectivity index (χ1n) is 6.76. The average Bonchev–Trinajstić information content (AvgIpc) is 2.47. The highest BCUT2D eigenvalue weighted by molar-refractivity contribution is 7.97. The van der Waals surface area contributed by atoms with Crippen LogP contribution in [-0.2, 0) is 9.59 Å². The summed E-state index contributed by atoms with van der Waals surface area (Å²) in [5.41, 5.74) is 3.50.